The quantitative estimate of drug-likeness (QED) is 0.143. The zero-order valence-electron chi connectivity index (χ0n) is 22.4. The topological polar surface area (TPSA) is 87.3 Å². The Morgan fingerprint density at radius 2 is 1.48 bits per heavy atom. The highest BCUT2D eigenvalue weighted by Gasteiger charge is 2.30. The predicted octanol–water partition coefficient (Wildman–Crippen LogP) is 7.15. The van der Waals surface area contributed by atoms with Crippen molar-refractivity contribution in [2.24, 2.45) is 0 Å². The number of carbonyl (C=O) groups is 3. The number of thioether (sulfide) groups is 1. The average molecular weight is 590 g/mol. The van der Waals surface area contributed by atoms with Crippen molar-refractivity contribution in [3.05, 3.63) is 131 Å². The number of hydrogen-bond acceptors (Lipinski definition) is 4. The van der Waals surface area contributed by atoms with Gasteiger partial charge in [-0.15, -0.1) is 11.8 Å². The maximum Gasteiger partial charge on any atom is 0.416 e. The lowest BCUT2D eigenvalue weighted by Gasteiger charge is -2.12. The van der Waals surface area contributed by atoms with Crippen LogP contribution in [0.3, 0.4) is 0 Å². The summed E-state index contributed by atoms with van der Waals surface area (Å²) in [5, 5.41) is 7.94. The van der Waals surface area contributed by atoms with Crippen LogP contribution >= 0.6 is 11.8 Å². The molecule has 0 fully saturated rings. The maximum absolute atomic E-state index is 13.3. The highest BCUT2D eigenvalue weighted by Crippen LogP contribution is 2.31. The zero-order chi connectivity index (χ0) is 30.1. The molecule has 0 aliphatic heterocycles. The molecule has 0 spiro atoms. The first-order valence-corrected chi connectivity index (χ1v) is 13.7. The summed E-state index contributed by atoms with van der Waals surface area (Å²) in [4.78, 5) is 39.2. The Labute approximate surface area is 245 Å². The van der Waals surface area contributed by atoms with Crippen LogP contribution < -0.4 is 16.0 Å². The van der Waals surface area contributed by atoms with E-state index in [2.05, 4.69) is 16.0 Å². The average Bonchev–Trinajstić information content (AvgIpc) is 2.96. The van der Waals surface area contributed by atoms with E-state index in [9.17, 15) is 27.6 Å². The third-order valence-corrected chi connectivity index (χ3v) is 6.81. The van der Waals surface area contributed by atoms with Gasteiger partial charge in [0.1, 0.15) is 5.70 Å². The van der Waals surface area contributed by atoms with Crippen LogP contribution in [-0.4, -0.2) is 23.5 Å². The summed E-state index contributed by atoms with van der Waals surface area (Å²) >= 11 is 1.15. The lowest BCUT2D eigenvalue weighted by Crippen LogP contribution is -2.30. The van der Waals surface area contributed by atoms with Crippen LogP contribution in [0.5, 0.6) is 0 Å². The Hall–Kier alpha value is -4.83. The van der Waals surface area contributed by atoms with Gasteiger partial charge >= 0.3 is 6.18 Å². The van der Waals surface area contributed by atoms with Gasteiger partial charge in [-0.2, -0.15) is 13.2 Å². The SMILES string of the molecule is Cc1cccc(/C=C(/NC(=O)c2ccccc2)C(=O)Nc2cccc(SCC(=O)Nc3cccc(C(F)(F)F)c3)c2)c1. The number of aryl methyl sites for hydroxylation is 1. The molecule has 0 bridgehead atoms. The van der Waals surface area contributed by atoms with Crippen molar-refractivity contribution in [1.82, 2.24) is 5.32 Å². The Morgan fingerprint density at radius 1 is 0.786 bits per heavy atom. The minimum atomic E-state index is -4.51. The monoisotopic (exact) mass is 589 g/mol. The number of amides is 3. The lowest BCUT2D eigenvalue weighted by atomic mass is 10.1. The molecular formula is C32H26F3N3O3S. The molecule has 6 nitrogen and oxygen atoms in total. The molecule has 0 atom stereocenters. The van der Waals surface area contributed by atoms with E-state index in [-0.39, 0.29) is 17.1 Å². The minimum absolute atomic E-state index is 0.0352. The summed E-state index contributed by atoms with van der Waals surface area (Å²) in [5.41, 5.74) is 1.75. The molecule has 0 aliphatic rings. The molecular weight excluding hydrogens is 563 g/mol. The van der Waals surface area contributed by atoms with E-state index >= 15 is 0 Å². The number of rotatable bonds is 9. The summed E-state index contributed by atoms with van der Waals surface area (Å²) in [7, 11) is 0. The fourth-order valence-electron chi connectivity index (χ4n) is 3.85. The minimum Gasteiger partial charge on any atom is -0.325 e. The number of anilines is 2. The van der Waals surface area contributed by atoms with Gasteiger partial charge in [0.2, 0.25) is 5.91 Å². The first-order chi connectivity index (χ1) is 20.1. The van der Waals surface area contributed by atoms with Gasteiger partial charge in [-0.25, -0.2) is 0 Å². The van der Waals surface area contributed by atoms with Gasteiger partial charge in [0.25, 0.3) is 11.8 Å². The standard InChI is InChI=1S/C32H26F3N3O3S/c1-21-8-5-9-22(16-21)17-28(38-30(40)23-10-3-2-4-11-23)31(41)37-26-14-7-15-27(19-26)42-20-29(39)36-25-13-6-12-24(18-25)32(33,34)35/h2-19H,20H2,1H3,(H,36,39)(H,37,41)(H,38,40)/b28-17+. The first-order valence-electron chi connectivity index (χ1n) is 12.7. The van der Waals surface area contributed by atoms with Crippen LogP contribution in [0.1, 0.15) is 27.0 Å². The summed E-state index contributed by atoms with van der Waals surface area (Å²) in [6, 6.07) is 27.1. The number of benzene rings is 4. The van der Waals surface area contributed by atoms with Crippen molar-refractivity contribution in [2.45, 2.75) is 18.0 Å². The number of alkyl halides is 3. The van der Waals surface area contributed by atoms with Gasteiger partial charge in [0.15, 0.2) is 0 Å². The van der Waals surface area contributed by atoms with Crippen LogP contribution in [0.15, 0.2) is 114 Å². The summed E-state index contributed by atoms with van der Waals surface area (Å²) in [5.74, 6) is -1.55. The molecule has 3 N–H and O–H groups in total. The summed E-state index contributed by atoms with van der Waals surface area (Å²) in [6.45, 7) is 1.92. The van der Waals surface area contributed by atoms with E-state index in [1.54, 1.807) is 60.7 Å². The van der Waals surface area contributed by atoms with Crippen molar-refractivity contribution < 1.29 is 27.6 Å². The van der Waals surface area contributed by atoms with Gasteiger partial charge in [-0.1, -0.05) is 60.2 Å². The van der Waals surface area contributed by atoms with Gasteiger partial charge in [0, 0.05) is 21.8 Å². The molecule has 0 aliphatic carbocycles. The Balaban J connectivity index is 1.43. The predicted molar refractivity (Wildman–Crippen MR) is 159 cm³/mol. The maximum atomic E-state index is 13.3. The first kappa shape index (κ1) is 30.1. The zero-order valence-corrected chi connectivity index (χ0v) is 23.2. The molecule has 0 saturated carbocycles. The van der Waals surface area contributed by atoms with Crippen molar-refractivity contribution in [3.63, 3.8) is 0 Å². The van der Waals surface area contributed by atoms with E-state index in [1.807, 2.05) is 31.2 Å². The van der Waals surface area contributed by atoms with Crippen LogP contribution in [0.2, 0.25) is 0 Å². The van der Waals surface area contributed by atoms with E-state index in [0.29, 0.717) is 16.1 Å². The van der Waals surface area contributed by atoms with E-state index in [1.165, 1.54) is 12.1 Å². The molecule has 4 aromatic rings. The summed E-state index contributed by atoms with van der Waals surface area (Å²) < 4.78 is 38.8. The fourth-order valence-corrected chi connectivity index (χ4v) is 4.61. The second-order valence-electron chi connectivity index (χ2n) is 9.19. The Morgan fingerprint density at radius 3 is 2.19 bits per heavy atom. The molecule has 0 saturated heterocycles. The molecule has 10 heteroatoms. The van der Waals surface area contributed by atoms with Crippen LogP contribution in [-0.2, 0) is 15.8 Å². The molecule has 4 aromatic carbocycles. The molecule has 0 unspecified atom stereocenters. The van der Waals surface area contributed by atoms with E-state index in [4.69, 9.17) is 0 Å². The third-order valence-electron chi connectivity index (χ3n) is 5.82. The Bertz CT molecular complexity index is 1620. The molecule has 3 amide bonds. The summed E-state index contributed by atoms with van der Waals surface area (Å²) in [6.07, 6.45) is -2.93. The number of hydrogen-bond donors (Lipinski definition) is 3. The fraction of sp³-hybridized carbons (Fsp3) is 0.0938. The van der Waals surface area contributed by atoms with Crippen LogP contribution in [0.25, 0.3) is 6.08 Å². The highest BCUT2D eigenvalue weighted by atomic mass is 32.2. The highest BCUT2D eigenvalue weighted by molar-refractivity contribution is 8.00. The van der Waals surface area contributed by atoms with Crippen molar-refractivity contribution in [3.8, 4) is 0 Å². The van der Waals surface area contributed by atoms with E-state index < -0.39 is 29.5 Å². The smallest absolute Gasteiger partial charge is 0.325 e. The second-order valence-corrected chi connectivity index (χ2v) is 10.2. The Kier molecular flexibility index (Phi) is 9.82. The largest absolute Gasteiger partial charge is 0.416 e. The van der Waals surface area contributed by atoms with Gasteiger partial charge in [-0.3, -0.25) is 14.4 Å². The van der Waals surface area contributed by atoms with Crippen molar-refractivity contribution in [1.29, 1.82) is 0 Å². The molecule has 42 heavy (non-hydrogen) atoms. The second kappa shape index (κ2) is 13.7. The normalized spacial score (nSPS) is 11.5. The van der Waals surface area contributed by atoms with Crippen LogP contribution in [0, 0.1) is 6.92 Å². The number of nitrogens with one attached hydrogen (secondary N) is 3. The van der Waals surface area contributed by atoms with Gasteiger partial charge in [-0.05, 0) is 67.1 Å². The van der Waals surface area contributed by atoms with Crippen molar-refractivity contribution >= 4 is 46.9 Å². The van der Waals surface area contributed by atoms with Gasteiger partial charge < -0.3 is 16.0 Å². The number of carbonyl (C=O) groups excluding carboxylic acids is 3. The lowest BCUT2D eigenvalue weighted by molar-refractivity contribution is -0.137. The molecule has 214 valence electrons. The molecule has 0 radical (unpaired) electrons. The van der Waals surface area contributed by atoms with Gasteiger partial charge in [0.05, 0.1) is 11.3 Å². The molecule has 0 aromatic heterocycles. The van der Waals surface area contributed by atoms with E-state index in [0.717, 1.165) is 35.0 Å². The molecule has 4 rings (SSSR count). The van der Waals surface area contributed by atoms with Crippen LogP contribution in [0.4, 0.5) is 24.5 Å². The number of halogens is 3. The van der Waals surface area contributed by atoms with Crippen molar-refractivity contribution in [2.75, 3.05) is 16.4 Å². The molecule has 0 heterocycles. The third kappa shape index (κ3) is 8.84.